The molecule has 0 radical (unpaired) electrons. The lowest BCUT2D eigenvalue weighted by atomic mass is 10.2. The molecule has 4 rings (SSSR count). The van der Waals surface area contributed by atoms with Gasteiger partial charge >= 0.3 is 5.97 Å². The van der Waals surface area contributed by atoms with E-state index < -0.39 is 18.5 Å². The Kier molecular flexibility index (Phi) is 5.94. The lowest BCUT2D eigenvalue weighted by molar-refractivity contribution is -0.124. The summed E-state index contributed by atoms with van der Waals surface area (Å²) in [6.07, 6.45) is 2.15. The van der Waals surface area contributed by atoms with Gasteiger partial charge < -0.3 is 19.5 Å². The number of esters is 1. The molecule has 0 saturated carbocycles. The molecular weight excluding hydrogens is 388 g/mol. The highest BCUT2D eigenvalue weighted by molar-refractivity contribution is 6.10. The molecule has 156 valence electrons. The Morgan fingerprint density at radius 1 is 1.13 bits per heavy atom. The third kappa shape index (κ3) is 4.60. The first-order valence-corrected chi connectivity index (χ1v) is 9.81. The normalized spacial score (nSPS) is 17.8. The fourth-order valence-corrected chi connectivity index (χ4v) is 3.40. The molecule has 1 saturated heterocycles. The molecule has 1 fully saturated rings. The van der Waals surface area contributed by atoms with Crippen molar-refractivity contribution in [2.24, 2.45) is 0 Å². The number of carbonyl (C=O) groups excluding carboxylic acids is 3. The second-order valence-electron chi connectivity index (χ2n) is 7.09. The average molecular weight is 410 g/mol. The Morgan fingerprint density at radius 3 is 2.70 bits per heavy atom. The van der Waals surface area contributed by atoms with E-state index in [2.05, 4.69) is 5.32 Å². The van der Waals surface area contributed by atoms with E-state index in [0.717, 1.165) is 19.4 Å². The number of amides is 2. The zero-order valence-electron chi connectivity index (χ0n) is 16.3. The summed E-state index contributed by atoms with van der Waals surface area (Å²) in [5, 5.41) is 2.71. The van der Waals surface area contributed by atoms with Crippen LogP contribution in [0.5, 0.6) is 5.75 Å². The van der Waals surface area contributed by atoms with Crippen LogP contribution in [0.2, 0.25) is 0 Å². The number of anilines is 2. The van der Waals surface area contributed by atoms with E-state index in [1.807, 2.05) is 0 Å². The molecule has 8 nitrogen and oxygen atoms in total. The van der Waals surface area contributed by atoms with Gasteiger partial charge in [-0.15, -0.1) is 0 Å². The van der Waals surface area contributed by atoms with E-state index >= 15 is 0 Å². The molecule has 0 aliphatic carbocycles. The Bertz CT molecular complexity index is 937. The predicted molar refractivity (Wildman–Crippen MR) is 109 cm³/mol. The minimum absolute atomic E-state index is 0.114. The second-order valence-corrected chi connectivity index (χ2v) is 7.09. The van der Waals surface area contributed by atoms with Crippen LogP contribution in [0.4, 0.5) is 11.4 Å². The molecule has 2 amide bonds. The quantitative estimate of drug-likeness (QED) is 0.735. The van der Waals surface area contributed by atoms with Crippen molar-refractivity contribution in [1.82, 2.24) is 0 Å². The molecule has 2 aliphatic heterocycles. The van der Waals surface area contributed by atoms with E-state index in [9.17, 15) is 14.4 Å². The number of hydrogen-bond acceptors (Lipinski definition) is 6. The van der Waals surface area contributed by atoms with Crippen molar-refractivity contribution in [3.8, 4) is 5.75 Å². The van der Waals surface area contributed by atoms with Crippen molar-refractivity contribution in [3.05, 3.63) is 54.1 Å². The van der Waals surface area contributed by atoms with Gasteiger partial charge in [0.1, 0.15) is 18.9 Å². The summed E-state index contributed by atoms with van der Waals surface area (Å²) < 4.78 is 16.3. The molecule has 0 unspecified atom stereocenters. The minimum atomic E-state index is -0.622. The maximum absolute atomic E-state index is 12.5. The van der Waals surface area contributed by atoms with Crippen molar-refractivity contribution in [2.75, 3.05) is 36.6 Å². The van der Waals surface area contributed by atoms with Gasteiger partial charge in [0.05, 0.1) is 23.0 Å². The molecule has 30 heavy (non-hydrogen) atoms. The average Bonchev–Trinajstić information content (AvgIpc) is 3.29. The summed E-state index contributed by atoms with van der Waals surface area (Å²) >= 11 is 0. The predicted octanol–water partition coefficient (Wildman–Crippen LogP) is 2.39. The number of nitrogens with zero attached hydrogens (tertiary/aromatic N) is 1. The third-order valence-electron chi connectivity index (χ3n) is 4.95. The molecule has 2 heterocycles. The third-order valence-corrected chi connectivity index (χ3v) is 4.95. The van der Waals surface area contributed by atoms with Crippen molar-refractivity contribution >= 4 is 29.2 Å². The summed E-state index contributed by atoms with van der Waals surface area (Å²) in [5.41, 5.74) is 1.43. The Balaban J connectivity index is 1.31. The van der Waals surface area contributed by atoms with E-state index in [1.54, 1.807) is 48.5 Å². The highest BCUT2D eigenvalue weighted by Crippen LogP contribution is 2.28. The summed E-state index contributed by atoms with van der Waals surface area (Å²) in [6, 6.07) is 13.5. The van der Waals surface area contributed by atoms with Crippen LogP contribution in [0, 0.1) is 0 Å². The summed E-state index contributed by atoms with van der Waals surface area (Å²) in [6.45, 7) is 0.663. The van der Waals surface area contributed by atoms with Gasteiger partial charge in [0.2, 0.25) is 5.91 Å². The molecule has 0 spiro atoms. The van der Waals surface area contributed by atoms with Crippen molar-refractivity contribution in [3.63, 3.8) is 0 Å². The minimum Gasteiger partial charge on any atom is -0.491 e. The van der Waals surface area contributed by atoms with Crippen LogP contribution < -0.4 is 15.0 Å². The van der Waals surface area contributed by atoms with Gasteiger partial charge in [-0.3, -0.25) is 14.5 Å². The second kappa shape index (κ2) is 8.96. The fraction of sp³-hybridized carbons (Fsp3) is 0.318. The Morgan fingerprint density at radius 2 is 1.93 bits per heavy atom. The number of benzene rings is 2. The Labute approximate surface area is 173 Å². The number of rotatable bonds is 6. The largest absolute Gasteiger partial charge is 0.491 e. The summed E-state index contributed by atoms with van der Waals surface area (Å²) in [7, 11) is 0. The monoisotopic (exact) mass is 410 g/mol. The van der Waals surface area contributed by atoms with Crippen LogP contribution >= 0.6 is 0 Å². The zero-order valence-corrected chi connectivity index (χ0v) is 16.3. The van der Waals surface area contributed by atoms with E-state index in [1.165, 1.54) is 4.90 Å². The molecule has 2 aromatic carbocycles. The zero-order chi connectivity index (χ0) is 20.9. The van der Waals surface area contributed by atoms with Crippen LogP contribution in [0.1, 0.15) is 23.2 Å². The maximum atomic E-state index is 12.5. The van der Waals surface area contributed by atoms with E-state index in [4.69, 9.17) is 14.2 Å². The van der Waals surface area contributed by atoms with Gasteiger partial charge in [0.15, 0.2) is 6.61 Å². The number of carbonyl (C=O) groups is 3. The lowest BCUT2D eigenvalue weighted by Gasteiger charge is -2.28. The number of fused-ring (bicyclic) bond motifs is 1. The topological polar surface area (TPSA) is 94.2 Å². The molecule has 0 bridgehead atoms. The van der Waals surface area contributed by atoms with E-state index in [0.29, 0.717) is 29.3 Å². The lowest BCUT2D eigenvalue weighted by Crippen LogP contribution is -2.44. The smallest absolute Gasteiger partial charge is 0.338 e. The van der Waals surface area contributed by atoms with Gasteiger partial charge in [-0.05, 0) is 49.2 Å². The SMILES string of the molecule is O=C1CN(C(=O)COC(=O)c2ccc(OC[C@@H]3CCCO3)cc2)c2ccccc2N1. The molecule has 0 aromatic heterocycles. The van der Waals surface area contributed by atoms with Gasteiger partial charge in [-0.1, -0.05) is 12.1 Å². The molecular formula is C22H22N2O6. The maximum Gasteiger partial charge on any atom is 0.338 e. The molecule has 8 heteroatoms. The number of hydrogen-bond donors (Lipinski definition) is 1. The molecule has 2 aliphatic rings. The van der Waals surface area contributed by atoms with E-state index in [-0.39, 0.29) is 18.6 Å². The van der Waals surface area contributed by atoms with Gasteiger partial charge in [-0.25, -0.2) is 4.79 Å². The highest BCUT2D eigenvalue weighted by Gasteiger charge is 2.27. The fourth-order valence-electron chi connectivity index (χ4n) is 3.40. The van der Waals surface area contributed by atoms with Crippen molar-refractivity contribution in [1.29, 1.82) is 0 Å². The summed E-state index contributed by atoms with van der Waals surface area (Å²) in [4.78, 5) is 38.0. The first-order chi connectivity index (χ1) is 14.6. The van der Waals surface area contributed by atoms with Crippen LogP contribution in [-0.2, 0) is 19.1 Å². The Hall–Kier alpha value is -3.39. The summed E-state index contributed by atoms with van der Waals surface area (Å²) in [5.74, 6) is -0.757. The van der Waals surface area contributed by atoms with Gasteiger partial charge in [-0.2, -0.15) is 0 Å². The van der Waals surface area contributed by atoms with Crippen LogP contribution in [-0.4, -0.2) is 50.3 Å². The molecule has 1 atom stereocenters. The van der Waals surface area contributed by atoms with Crippen LogP contribution in [0.3, 0.4) is 0 Å². The highest BCUT2D eigenvalue weighted by atomic mass is 16.5. The van der Waals surface area contributed by atoms with Gasteiger partial charge in [0.25, 0.3) is 5.91 Å². The number of nitrogens with one attached hydrogen (secondary N) is 1. The first kappa shape index (κ1) is 19.9. The standard InChI is InChI=1S/C22H22N2O6/c25-20-12-24(19-6-2-1-5-18(19)23-20)21(26)14-30-22(27)15-7-9-16(10-8-15)29-13-17-4-3-11-28-17/h1-2,5-10,17H,3-4,11-14H2,(H,23,25)/t17-/m0/s1. The van der Waals surface area contributed by atoms with Crippen LogP contribution in [0.15, 0.2) is 48.5 Å². The molecule has 1 N–H and O–H groups in total. The van der Waals surface area contributed by atoms with Gasteiger partial charge in [0, 0.05) is 6.61 Å². The van der Waals surface area contributed by atoms with Crippen molar-refractivity contribution < 1.29 is 28.6 Å². The number of ether oxygens (including phenoxy) is 3. The molecule has 2 aromatic rings. The van der Waals surface area contributed by atoms with Crippen LogP contribution in [0.25, 0.3) is 0 Å². The first-order valence-electron chi connectivity index (χ1n) is 9.81. The van der Waals surface area contributed by atoms with Crippen molar-refractivity contribution in [2.45, 2.75) is 18.9 Å². The number of para-hydroxylation sites is 2.